The number of nitrogens with zero attached hydrogens (tertiary/aromatic N) is 2. The molecule has 1 aliphatic heterocycles. The van der Waals surface area contributed by atoms with E-state index >= 15 is 0 Å². The van der Waals surface area contributed by atoms with Crippen molar-refractivity contribution in [2.24, 2.45) is 0 Å². The summed E-state index contributed by atoms with van der Waals surface area (Å²) >= 11 is 0. The second kappa shape index (κ2) is 8.80. The van der Waals surface area contributed by atoms with Crippen LogP contribution >= 0.6 is 0 Å². The first-order chi connectivity index (χ1) is 13.1. The number of ether oxygens (including phenoxy) is 2. The van der Waals surface area contributed by atoms with Gasteiger partial charge in [0.1, 0.15) is 11.5 Å². The van der Waals surface area contributed by atoms with Gasteiger partial charge < -0.3 is 19.3 Å². The number of para-hydroxylation sites is 2. The fraction of sp³-hybridized carbons (Fsp3) is 0.409. The van der Waals surface area contributed by atoms with E-state index in [0.29, 0.717) is 18.7 Å². The predicted octanol–water partition coefficient (Wildman–Crippen LogP) is 3.83. The quantitative estimate of drug-likeness (QED) is 0.804. The lowest BCUT2D eigenvalue weighted by atomic mass is 10.1. The Balaban J connectivity index is 1.76. The number of rotatable bonds is 5. The van der Waals surface area contributed by atoms with E-state index < -0.39 is 0 Å². The number of carbonyl (C=O) groups is 1. The molecule has 0 aliphatic carbocycles. The largest absolute Gasteiger partial charge is 0.495 e. The van der Waals surface area contributed by atoms with E-state index in [-0.39, 0.29) is 11.9 Å². The molecular weight excluding hydrogens is 340 g/mol. The van der Waals surface area contributed by atoms with Gasteiger partial charge >= 0.3 is 0 Å². The van der Waals surface area contributed by atoms with Crippen LogP contribution in [0.1, 0.15) is 30.6 Å². The second-order valence-electron chi connectivity index (χ2n) is 6.76. The molecule has 1 atom stereocenters. The van der Waals surface area contributed by atoms with Crippen molar-refractivity contribution in [1.29, 1.82) is 0 Å². The van der Waals surface area contributed by atoms with Gasteiger partial charge in [-0.2, -0.15) is 0 Å². The highest BCUT2D eigenvalue weighted by Gasteiger charge is 2.26. The Hall–Kier alpha value is -2.69. The number of hydrogen-bond acceptors (Lipinski definition) is 4. The normalized spacial score (nSPS) is 17.4. The highest BCUT2D eigenvalue weighted by atomic mass is 16.5. The molecular formula is C22H28N2O3. The van der Waals surface area contributed by atoms with Crippen LogP contribution in [0.5, 0.6) is 11.5 Å². The van der Waals surface area contributed by atoms with Crippen LogP contribution in [0.4, 0.5) is 5.69 Å². The summed E-state index contributed by atoms with van der Waals surface area (Å²) in [6.45, 7) is 7.00. The first-order valence-corrected chi connectivity index (χ1v) is 9.55. The minimum Gasteiger partial charge on any atom is -0.495 e. The number of carbonyl (C=O) groups excluding carboxylic acids is 1. The fourth-order valence-corrected chi connectivity index (χ4v) is 3.54. The maximum absolute atomic E-state index is 13.1. The van der Waals surface area contributed by atoms with Gasteiger partial charge in [0, 0.05) is 31.2 Å². The summed E-state index contributed by atoms with van der Waals surface area (Å²) in [7, 11) is 1.69. The van der Waals surface area contributed by atoms with Gasteiger partial charge in [0.25, 0.3) is 5.91 Å². The number of hydrogen-bond donors (Lipinski definition) is 0. The van der Waals surface area contributed by atoms with Crippen LogP contribution in [0.25, 0.3) is 0 Å². The average molecular weight is 368 g/mol. The molecule has 0 aromatic heterocycles. The van der Waals surface area contributed by atoms with Crippen molar-refractivity contribution in [2.75, 3.05) is 38.3 Å². The minimum absolute atomic E-state index is 0.0610. The van der Waals surface area contributed by atoms with Gasteiger partial charge in [-0.3, -0.25) is 4.79 Å². The van der Waals surface area contributed by atoms with Crippen LogP contribution in [0.2, 0.25) is 0 Å². The third kappa shape index (κ3) is 4.35. The van der Waals surface area contributed by atoms with E-state index in [0.717, 1.165) is 36.7 Å². The van der Waals surface area contributed by atoms with Crippen molar-refractivity contribution in [2.45, 2.75) is 26.3 Å². The van der Waals surface area contributed by atoms with E-state index in [1.54, 1.807) is 7.11 Å². The summed E-state index contributed by atoms with van der Waals surface area (Å²) in [4.78, 5) is 17.4. The molecule has 5 heteroatoms. The molecule has 0 spiro atoms. The van der Waals surface area contributed by atoms with Crippen molar-refractivity contribution < 1.29 is 14.3 Å². The summed E-state index contributed by atoms with van der Waals surface area (Å²) in [6, 6.07) is 15.7. The Kier molecular flexibility index (Phi) is 6.22. The second-order valence-corrected chi connectivity index (χ2v) is 6.76. The van der Waals surface area contributed by atoms with Crippen molar-refractivity contribution in [1.82, 2.24) is 4.90 Å². The summed E-state index contributed by atoms with van der Waals surface area (Å²) in [5, 5.41) is 0. The summed E-state index contributed by atoms with van der Waals surface area (Å²) in [6.07, 6.45) is 0.912. The third-order valence-electron chi connectivity index (χ3n) is 5.04. The average Bonchev–Trinajstić information content (AvgIpc) is 2.89. The zero-order valence-electron chi connectivity index (χ0n) is 16.4. The summed E-state index contributed by atoms with van der Waals surface area (Å²) in [5.74, 6) is 1.67. The van der Waals surface area contributed by atoms with E-state index in [9.17, 15) is 4.79 Å². The van der Waals surface area contributed by atoms with Crippen LogP contribution < -0.4 is 14.4 Å². The maximum atomic E-state index is 13.1. The van der Waals surface area contributed by atoms with E-state index in [4.69, 9.17) is 9.47 Å². The molecule has 0 saturated carbocycles. The Labute approximate surface area is 161 Å². The Morgan fingerprint density at radius 1 is 1.11 bits per heavy atom. The maximum Gasteiger partial charge on any atom is 0.254 e. The van der Waals surface area contributed by atoms with Crippen LogP contribution in [0, 0.1) is 0 Å². The molecule has 1 amide bonds. The molecule has 0 bridgehead atoms. The molecule has 0 N–H and O–H groups in total. The molecule has 3 rings (SSSR count). The fourth-order valence-electron chi connectivity index (χ4n) is 3.54. The lowest BCUT2D eigenvalue weighted by molar-refractivity contribution is 0.0704. The molecule has 5 nitrogen and oxygen atoms in total. The van der Waals surface area contributed by atoms with Gasteiger partial charge in [-0.05, 0) is 50.6 Å². The monoisotopic (exact) mass is 368 g/mol. The van der Waals surface area contributed by atoms with Gasteiger partial charge in [0.15, 0.2) is 0 Å². The zero-order chi connectivity index (χ0) is 19.2. The van der Waals surface area contributed by atoms with Gasteiger partial charge in [-0.1, -0.05) is 18.2 Å². The standard InChI is InChI=1S/C22H28N2O3/c1-4-27-19-9-7-8-18(16-19)22(25)24-15-14-23(13-12-17(24)2)20-10-5-6-11-21(20)26-3/h5-11,16-17H,4,12-15H2,1-3H3/t17-/m1/s1. The van der Waals surface area contributed by atoms with Gasteiger partial charge in [-0.25, -0.2) is 0 Å². The molecule has 1 heterocycles. The van der Waals surface area contributed by atoms with Gasteiger partial charge in [0.2, 0.25) is 0 Å². The molecule has 1 fully saturated rings. The first-order valence-electron chi connectivity index (χ1n) is 9.55. The topological polar surface area (TPSA) is 42.0 Å². The van der Waals surface area contributed by atoms with Crippen LogP contribution in [0.3, 0.4) is 0 Å². The summed E-state index contributed by atoms with van der Waals surface area (Å²) in [5.41, 5.74) is 1.76. The molecule has 1 aliphatic rings. The highest BCUT2D eigenvalue weighted by molar-refractivity contribution is 5.95. The molecule has 0 unspecified atom stereocenters. The Morgan fingerprint density at radius 3 is 2.70 bits per heavy atom. The summed E-state index contributed by atoms with van der Waals surface area (Å²) < 4.78 is 11.1. The number of amides is 1. The number of benzene rings is 2. The van der Waals surface area contributed by atoms with E-state index in [1.165, 1.54) is 0 Å². The molecule has 0 radical (unpaired) electrons. The number of methoxy groups -OCH3 is 1. The molecule has 2 aromatic carbocycles. The van der Waals surface area contributed by atoms with Crippen LogP contribution in [0.15, 0.2) is 48.5 Å². The lowest BCUT2D eigenvalue weighted by Crippen LogP contribution is -2.39. The zero-order valence-corrected chi connectivity index (χ0v) is 16.4. The van der Waals surface area contributed by atoms with E-state index in [2.05, 4.69) is 17.9 Å². The Bertz CT molecular complexity index is 778. The molecule has 27 heavy (non-hydrogen) atoms. The van der Waals surface area contributed by atoms with Crippen LogP contribution in [-0.2, 0) is 0 Å². The van der Waals surface area contributed by atoms with Crippen molar-refractivity contribution in [3.8, 4) is 11.5 Å². The number of anilines is 1. The molecule has 144 valence electrons. The van der Waals surface area contributed by atoms with Crippen molar-refractivity contribution in [3.05, 3.63) is 54.1 Å². The molecule has 1 saturated heterocycles. The third-order valence-corrected chi connectivity index (χ3v) is 5.04. The van der Waals surface area contributed by atoms with Gasteiger partial charge in [-0.15, -0.1) is 0 Å². The lowest BCUT2D eigenvalue weighted by Gasteiger charge is -2.27. The van der Waals surface area contributed by atoms with Crippen molar-refractivity contribution >= 4 is 11.6 Å². The minimum atomic E-state index is 0.0610. The predicted molar refractivity (Wildman–Crippen MR) is 108 cm³/mol. The highest BCUT2D eigenvalue weighted by Crippen LogP contribution is 2.29. The Morgan fingerprint density at radius 2 is 1.93 bits per heavy atom. The SMILES string of the molecule is CCOc1cccc(C(=O)N2CCN(c3ccccc3OC)CC[C@H]2C)c1. The first kappa shape index (κ1) is 19.1. The van der Waals surface area contributed by atoms with Crippen molar-refractivity contribution in [3.63, 3.8) is 0 Å². The van der Waals surface area contributed by atoms with Crippen LogP contribution in [-0.4, -0.2) is 50.2 Å². The smallest absolute Gasteiger partial charge is 0.254 e. The molecule has 2 aromatic rings. The van der Waals surface area contributed by atoms with E-state index in [1.807, 2.05) is 54.3 Å². The van der Waals surface area contributed by atoms with Gasteiger partial charge in [0.05, 0.1) is 19.4 Å².